The van der Waals surface area contributed by atoms with Crippen molar-refractivity contribution in [2.45, 2.75) is 38.6 Å². The summed E-state index contributed by atoms with van der Waals surface area (Å²) in [5.74, 6) is 1.66. The van der Waals surface area contributed by atoms with Gasteiger partial charge in [-0.25, -0.2) is 0 Å². The first-order chi connectivity index (χ1) is 12.2. The molecule has 1 N–H and O–H groups in total. The lowest BCUT2D eigenvalue weighted by Crippen LogP contribution is -2.33. The highest BCUT2D eigenvalue weighted by molar-refractivity contribution is 5.76. The van der Waals surface area contributed by atoms with E-state index in [2.05, 4.69) is 24.4 Å². The number of carbonyl (C=O) groups is 1. The van der Waals surface area contributed by atoms with Crippen molar-refractivity contribution in [3.63, 3.8) is 0 Å². The molecule has 1 unspecified atom stereocenters. The summed E-state index contributed by atoms with van der Waals surface area (Å²) in [6.07, 6.45) is 3.10. The van der Waals surface area contributed by atoms with E-state index >= 15 is 0 Å². The number of hydrogen-bond acceptors (Lipinski definition) is 3. The number of rotatable bonds is 7. The number of ether oxygens (including phenoxy) is 2. The molecular weight excluding hydrogens is 314 g/mol. The van der Waals surface area contributed by atoms with E-state index in [4.69, 9.17) is 9.47 Å². The van der Waals surface area contributed by atoms with Gasteiger partial charge in [0.1, 0.15) is 13.2 Å². The van der Waals surface area contributed by atoms with E-state index in [1.807, 2.05) is 36.4 Å². The molecular formula is C21H25NO3. The minimum Gasteiger partial charge on any atom is -0.486 e. The van der Waals surface area contributed by atoms with Crippen LogP contribution in [0.4, 0.5) is 0 Å². The van der Waals surface area contributed by atoms with Gasteiger partial charge in [0.2, 0.25) is 5.91 Å². The SMILES string of the molecule is CC(CCc1ccccc1)NC(=O)CCc1ccc2c(c1)OCCO2. The summed E-state index contributed by atoms with van der Waals surface area (Å²) >= 11 is 0. The standard InChI is InChI=1S/C21H25NO3/c1-16(7-8-17-5-3-2-4-6-17)22-21(23)12-10-18-9-11-19-20(15-18)25-14-13-24-19/h2-6,9,11,15-16H,7-8,10,12-14H2,1H3,(H,22,23). The van der Waals surface area contributed by atoms with Crippen LogP contribution in [-0.2, 0) is 17.6 Å². The van der Waals surface area contributed by atoms with Crippen LogP contribution < -0.4 is 14.8 Å². The van der Waals surface area contributed by atoms with Gasteiger partial charge in [0.25, 0.3) is 0 Å². The van der Waals surface area contributed by atoms with Crippen molar-refractivity contribution in [2.75, 3.05) is 13.2 Å². The first-order valence-corrected chi connectivity index (χ1v) is 8.92. The molecule has 0 fully saturated rings. The highest BCUT2D eigenvalue weighted by atomic mass is 16.6. The third kappa shape index (κ3) is 5.24. The summed E-state index contributed by atoms with van der Waals surface area (Å²) in [6.45, 7) is 3.23. The fraction of sp³-hybridized carbons (Fsp3) is 0.381. The molecule has 3 rings (SSSR count). The number of fused-ring (bicyclic) bond motifs is 1. The number of carbonyl (C=O) groups excluding carboxylic acids is 1. The van der Waals surface area contributed by atoms with Crippen molar-refractivity contribution in [1.29, 1.82) is 0 Å². The normalized spacial score (nSPS) is 14.0. The van der Waals surface area contributed by atoms with Crippen LogP contribution in [0.5, 0.6) is 11.5 Å². The molecule has 25 heavy (non-hydrogen) atoms. The van der Waals surface area contributed by atoms with Gasteiger partial charge in [-0.2, -0.15) is 0 Å². The number of amides is 1. The minimum absolute atomic E-state index is 0.0930. The molecule has 0 aromatic heterocycles. The first-order valence-electron chi connectivity index (χ1n) is 8.92. The van der Waals surface area contributed by atoms with E-state index < -0.39 is 0 Å². The van der Waals surface area contributed by atoms with E-state index in [1.165, 1.54) is 5.56 Å². The maximum Gasteiger partial charge on any atom is 0.220 e. The first kappa shape index (κ1) is 17.3. The van der Waals surface area contributed by atoms with Gasteiger partial charge in [-0.3, -0.25) is 4.79 Å². The Balaban J connectivity index is 1.41. The zero-order chi connectivity index (χ0) is 17.5. The summed E-state index contributed by atoms with van der Waals surface area (Å²) in [5.41, 5.74) is 2.40. The van der Waals surface area contributed by atoms with Gasteiger partial charge >= 0.3 is 0 Å². The fourth-order valence-corrected chi connectivity index (χ4v) is 2.95. The summed E-state index contributed by atoms with van der Waals surface area (Å²) in [4.78, 5) is 12.2. The maximum atomic E-state index is 12.2. The molecule has 1 aliphatic heterocycles. The highest BCUT2D eigenvalue weighted by Gasteiger charge is 2.13. The Morgan fingerprint density at radius 3 is 2.56 bits per heavy atom. The van der Waals surface area contributed by atoms with Gasteiger partial charge in [0.05, 0.1) is 0 Å². The van der Waals surface area contributed by atoms with Crippen LogP contribution in [-0.4, -0.2) is 25.2 Å². The summed E-state index contributed by atoms with van der Waals surface area (Å²) in [5, 5.41) is 3.09. The molecule has 132 valence electrons. The lowest BCUT2D eigenvalue weighted by molar-refractivity contribution is -0.121. The van der Waals surface area contributed by atoms with Gasteiger partial charge in [-0.05, 0) is 49.4 Å². The summed E-state index contributed by atoms with van der Waals surface area (Å²) in [6, 6.07) is 16.4. The number of aryl methyl sites for hydroxylation is 2. The number of benzene rings is 2. The molecule has 0 spiro atoms. The zero-order valence-electron chi connectivity index (χ0n) is 14.7. The van der Waals surface area contributed by atoms with Crippen molar-refractivity contribution in [3.8, 4) is 11.5 Å². The maximum absolute atomic E-state index is 12.2. The fourth-order valence-electron chi connectivity index (χ4n) is 2.95. The molecule has 1 atom stereocenters. The van der Waals surface area contributed by atoms with Crippen molar-refractivity contribution in [1.82, 2.24) is 5.32 Å². The molecule has 1 amide bonds. The van der Waals surface area contributed by atoms with Crippen LogP contribution in [0, 0.1) is 0 Å². The van der Waals surface area contributed by atoms with Gasteiger partial charge in [-0.1, -0.05) is 36.4 Å². The predicted molar refractivity (Wildman–Crippen MR) is 98.1 cm³/mol. The molecule has 0 saturated heterocycles. The second-order valence-corrected chi connectivity index (χ2v) is 6.47. The predicted octanol–water partition coefficient (Wildman–Crippen LogP) is 3.53. The van der Waals surface area contributed by atoms with Crippen LogP contribution in [0.2, 0.25) is 0 Å². The Hall–Kier alpha value is -2.49. The third-order valence-electron chi connectivity index (χ3n) is 4.36. The zero-order valence-corrected chi connectivity index (χ0v) is 14.7. The van der Waals surface area contributed by atoms with Gasteiger partial charge in [0, 0.05) is 12.5 Å². The van der Waals surface area contributed by atoms with Crippen LogP contribution in [0.15, 0.2) is 48.5 Å². The van der Waals surface area contributed by atoms with Crippen molar-refractivity contribution in [2.24, 2.45) is 0 Å². The smallest absolute Gasteiger partial charge is 0.220 e. The molecule has 4 heteroatoms. The summed E-state index contributed by atoms with van der Waals surface area (Å²) in [7, 11) is 0. The molecule has 1 heterocycles. The van der Waals surface area contributed by atoms with Crippen LogP contribution in [0.3, 0.4) is 0 Å². The topological polar surface area (TPSA) is 47.6 Å². The molecule has 0 bridgehead atoms. The monoisotopic (exact) mass is 339 g/mol. The largest absolute Gasteiger partial charge is 0.486 e. The summed E-state index contributed by atoms with van der Waals surface area (Å²) < 4.78 is 11.1. The number of hydrogen-bond donors (Lipinski definition) is 1. The van der Waals surface area contributed by atoms with Crippen molar-refractivity contribution in [3.05, 3.63) is 59.7 Å². The Labute approximate surface area is 149 Å². The average Bonchev–Trinajstić information content (AvgIpc) is 2.65. The Bertz CT molecular complexity index is 700. The van der Waals surface area contributed by atoms with Crippen LogP contribution in [0.25, 0.3) is 0 Å². The van der Waals surface area contributed by atoms with E-state index in [9.17, 15) is 4.79 Å². The van der Waals surface area contributed by atoms with Gasteiger partial charge < -0.3 is 14.8 Å². The lowest BCUT2D eigenvalue weighted by atomic mass is 10.1. The van der Waals surface area contributed by atoms with Crippen LogP contribution in [0.1, 0.15) is 30.9 Å². The lowest BCUT2D eigenvalue weighted by Gasteiger charge is -2.19. The second kappa shape index (κ2) is 8.56. The Kier molecular flexibility index (Phi) is 5.94. The molecule has 0 aliphatic carbocycles. The second-order valence-electron chi connectivity index (χ2n) is 6.47. The quantitative estimate of drug-likeness (QED) is 0.839. The molecule has 1 aliphatic rings. The highest BCUT2D eigenvalue weighted by Crippen LogP contribution is 2.31. The van der Waals surface area contributed by atoms with Crippen molar-refractivity contribution >= 4 is 5.91 Å². The van der Waals surface area contributed by atoms with E-state index in [0.717, 1.165) is 29.9 Å². The Morgan fingerprint density at radius 2 is 1.76 bits per heavy atom. The van der Waals surface area contributed by atoms with E-state index in [-0.39, 0.29) is 11.9 Å². The number of nitrogens with one attached hydrogen (secondary N) is 1. The van der Waals surface area contributed by atoms with Crippen LogP contribution >= 0.6 is 0 Å². The molecule has 0 saturated carbocycles. The van der Waals surface area contributed by atoms with Gasteiger partial charge in [-0.15, -0.1) is 0 Å². The molecule has 2 aromatic rings. The molecule has 2 aromatic carbocycles. The van der Waals surface area contributed by atoms with Gasteiger partial charge in [0.15, 0.2) is 11.5 Å². The van der Waals surface area contributed by atoms with E-state index in [1.54, 1.807) is 0 Å². The minimum atomic E-state index is 0.0930. The van der Waals surface area contributed by atoms with E-state index in [0.29, 0.717) is 26.1 Å². The van der Waals surface area contributed by atoms with Crippen molar-refractivity contribution < 1.29 is 14.3 Å². The molecule has 0 radical (unpaired) electrons. The third-order valence-corrected chi connectivity index (χ3v) is 4.36. The molecule has 4 nitrogen and oxygen atoms in total. The average molecular weight is 339 g/mol. The Morgan fingerprint density at radius 1 is 1.00 bits per heavy atom.